The van der Waals surface area contributed by atoms with Crippen molar-refractivity contribution in [2.45, 2.75) is 0 Å². The van der Waals surface area contributed by atoms with Crippen LogP contribution >= 0.6 is 0 Å². The summed E-state index contributed by atoms with van der Waals surface area (Å²) >= 11 is 0. The molecule has 9 heteroatoms. The van der Waals surface area contributed by atoms with Crippen LogP contribution in [0.3, 0.4) is 0 Å². The Bertz CT molecular complexity index is 836. The Kier molecular flexibility index (Phi) is 4.06. The Balaban J connectivity index is 1.78. The van der Waals surface area contributed by atoms with E-state index in [4.69, 9.17) is 9.47 Å². The molecule has 0 unspecified atom stereocenters. The molecule has 1 N–H and O–H groups in total. The van der Waals surface area contributed by atoms with E-state index in [0.717, 1.165) is 18.3 Å². The van der Waals surface area contributed by atoms with Crippen LogP contribution in [0.1, 0.15) is 15.9 Å². The van der Waals surface area contributed by atoms with Crippen LogP contribution < -0.4 is 14.9 Å². The van der Waals surface area contributed by atoms with Crippen LogP contribution in [-0.4, -0.2) is 23.8 Å². The lowest BCUT2D eigenvalue weighted by atomic mass is 10.1. The summed E-state index contributed by atoms with van der Waals surface area (Å²) in [6.07, 6.45) is 1.13. The Hall–Kier alpha value is -3.49. The number of nitrogens with zero attached hydrogens (tertiary/aromatic N) is 2. The first kappa shape index (κ1) is 15.4. The van der Waals surface area contributed by atoms with Crippen molar-refractivity contribution in [2.24, 2.45) is 5.10 Å². The van der Waals surface area contributed by atoms with Gasteiger partial charge in [0, 0.05) is 5.56 Å². The Morgan fingerprint density at radius 1 is 1.25 bits per heavy atom. The minimum absolute atomic E-state index is 0.0195. The van der Waals surface area contributed by atoms with Gasteiger partial charge in [-0.05, 0) is 30.3 Å². The average molecular weight is 331 g/mol. The van der Waals surface area contributed by atoms with E-state index in [2.05, 4.69) is 10.5 Å². The second-order valence-corrected chi connectivity index (χ2v) is 4.73. The Labute approximate surface area is 134 Å². The number of hydrogen-bond acceptors (Lipinski definition) is 6. The van der Waals surface area contributed by atoms with Gasteiger partial charge in [0.25, 0.3) is 11.6 Å². The van der Waals surface area contributed by atoms with Gasteiger partial charge in [-0.15, -0.1) is 0 Å². The summed E-state index contributed by atoms with van der Waals surface area (Å²) < 4.78 is 23.0. The molecule has 2 aromatic rings. The molecule has 0 spiro atoms. The maximum absolute atomic E-state index is 12.8. The van der Waals surface area contributed by atoms with E-state index in [-0.39, 0.29) is 29.4 Å². The summed E-state index contributed by atoms with van der Waals surface area (Å²) in [5.74, 6) is -0.415. The number of fused-ring (bicyclic) bond motifs is 1. The molecule has 1 aliphatic heterocycles. The van der Waals surface area contributed by atoms with Gasteiger partial charge in [0.2, 0.25) is 6.79 Å². The minimum Gasteiger partial charge on any atom is -0.454 e. The Morgan fingerprint density at radius 2 is 1.92 bits per heavy atom. The van der Waals surface area contributed by atoms with Gasteiger partial charge in [-0.3, -0.25) is 14.9 Å². The van der Waals surface area contributed by atoms with Crippen LogP contribution in [0.5, 0.6) is 11.5 Å². The number of nitrogens with one attached hydrogen (secondary N) is 1. The lowest BCUT2D eigenvalue weighted by molar-refractivity contribution is -0.385. The summed E-state index contributed by atoms with van der Waals surface area (Å²) in [7, 11) is 0. The quantitative estimate of drug-likeness (QED) is 0.526. The molecule has 122 valence electrons. The monoisotopic (exact) mass is 331 g/mol. The topological polar surface area (TPSA) is 103 Å². The molecule has 0 aliphatic carbocycles. The molecule has 24 heavy (non-hydrogen) atoms. The molecule has 0 radical (unpaired) electrons. The summed E-state index contributed by atoms with van der Waals surface area (Å²) in [5.41, 5.74) is 2.32. The third kappa shape index (κ3) is 3.14. The molecule has 0 saturated carbocycles. The fourth-order valence-corrected chi connectivity index (χ4v) is 2.03. The minimum atomic E-state index is -0.592. The second-order valence-electron chi connectivity index (χ2n) is 4.73. The molecule has 1 heterocycles. The van der Waals surface area contributed by atoms with Gasteiger partial charge in [0.1, 0.15) is 5.82 Å². The van der Waals surface area contributed by atoms with Crippen LogP contribution in [0.25, 0.3) is 0 Å². The number of ether oxygens (including phenoxy) is 2. The van der Waals surface area contributed by atoms with Gasteiger partial charge in [-0.1, -0.05) is 0 Å². The number of carbonyl (C=O) groups excluding carboxylic acids is 1. The predicted molar refractivity (Wildman–Crippen MR) is 80.7 cm³/mol. The highest BCUT2D eigenvalue weighted by Crippen LogP contribution is 2.37. The van der Waals surface area contributed by atoms with E-state index < -0.39 is 16.6 Å². The van der Waals surface area contributed by atoms with Crippen LogP contribution in [0.4, 0.5) is 10.1 Å². The normalized spacial score (nSPS) is 12.4. The zero-order chi connectivity index (χ0) is 17.1. The molecule has 2 aromatic carbocycles. The maximum Gasteiger partial charge on any atom is 0.282 e. The zero-order valence-corrected chi connectivity index (χ0v) is 12.1. The third-order valence-corrected chi connectivity index (χ3v) is 3.19. The zero-order valence-electron chi connectivity index (χ0n) is 12.1. The smallest absolute Gasteiger partial charge is 0.282 e. The first-order valence-corrected chi connectivity index (χ1v) is 6.71. The number of halogens is 1. The fourth-order valence-electron chi connectivity index (χ4n) is 2.03. The van der Waals surface area contributed by atoms with Gasteiger partial charge in [0.15, 0.2) is 11.5 Å². The molecule has 0 fully saturated rings. The Morgan fingerprint density at radius 3 is 2.58 bits per heavy atom. The standard InChI is InChI=1S/C15H10FN3O5/c16-11-3-1-9(2-4-11)15(20)18-17-7-10-5-13-14(24-8-23-13)6-12(10)19(21)22/h1-7H,8H2,(H,18,20)/b17-7+. The second kappa shape index (κ2) is 6.32. The maximum atomic E-state index is 12.8. The van der Waals surface area contributed by atoms with Crippen molar-refractivity contribution in [1.82, 2.24) is 5.43 Å². The highest BCUT2D eigenvalue weighted by atomic mass is 19.1. The van der Waals surface area contributed by atoms with Crippen molar-refractivity contribution in [3.63, 3.8) is 0 Å². The summed E-state index contributed by atoms with van der Waals surface area (Å²) in [6.45, 7) is -0.0195. The number of rotatable bonds is 4. The molecule has 8 nitrogen and oxygen atoms in total. The molecule has 0 bridgehead atoms. The molecule has 0 atom stereocenters. The summed E-state index contributed by atoms with van der Waals surface area (Å²) in [6, 6.07) is 7.49. The van der Waals surface area contributed by atoms with Crippen LogP contribution in [0.2, 0.25) is 0 Å². The van der Waals surface area contributed by atoms with Crippen molar-refractivity contribution in [3.8, 4) is 11.5 Å². The number of benzene rings is 2. The number of hydrogen-bond donors (Lipinski definition) is 1. The molecular formula is C15H10FN3O5. The van der Waals surface area contributed by atoms with Gasteiger partial charge in [-0.2, -0.15) is 5.10 Å². The van der Waals surface area contributed by atoms with E-state index in [9.17, 15) is 19.3 Å². The average Bonchev–Trinajstić information content (AvgIpc) is 3.01. The highest BCUT2D eigenvalue weighted by molar-refractivity contribution is 5.95. The first-order valence-electron chi connectivity index (χ1n) is 6.71. The van der Waals surface area contributed by atoms with E-state index in [1.54, 1.807) is 0 Å². The largest absolute Gasteiger partial charge is 0.454 e. The van der Waals surface area contributed by atoms with Gasteiger partial charge in [0.05, 0.1) is 22.8 Å². The highest BCUT2D eigenvalue weighted by Gasteiger charge is 2.22. The van der Waals surface area contributed by atoms with Gasteiger partial charge in [-0.25, -0.2) is 9.82 Å². The molecule has 0 saturated heterocycles. The first-order chi connectivity index (χ1) is 11.5. The lowest BCUT2D eigenvalue weighted by Crippen LogP contribution is -2.17. The third-order valence-electron chi connectivity index (χ3n) is 3.19. The predicted octanol–water partition coefficient (Wildman–Crippen LogP) is 2.23. The molecule has 0 aromatic heterocycles. The van der Waals surface area contributed by atoms with E-state index in [1.807, 2.05) is 0 Å². The summed E-state index contributed by atoms with van der Waals surface area (Å²) in [5, 5.41) is 14.8. The number of carbonyl (C=O) groups is 1. The fraction of sp³-hybridized carbons (Fsp3) is 0.0667. The molecule has 1 aliphatic rings. The summed E-state index contributed by atoms with van der Waals surface area (Å²) in [4.78, 5) is 22.3. The van der Waals surface area contributed by atoms with Crippen molar-refractivity contribution in [3.05, 3.63) is 63.5 Å². The SMILES string of the molecule is O=C(N/N=C/c1cc2c(cc1[N+](=O)[O-])OCO2)c1ccc(F)cc1. The van der Waals surface area contributed by atoms with Gasteiger partial charge < -0.3 is 9.47 Å². The number of amides is 1. The van der Waals surface area contributed by atoms with E-state index in [1.165, 1.54) is 24.3 Å². The number of hydrazone groups is 1. The van der Waals surface area contributed by atoms with Crippen molar-refractivity contribution >= 4 is 17.8 Å². The number of nitro benzene ring substituents is 1. The lowest BCUT2D eigenvalue weighted by Gasteiger charge is -2.01. The van der Waals surface area contributed by atoms with Crippen LogP contribution in [0, 0.1) is 15.9 Å². The van der Waals surface area contributed by atoms with Crippen LogP contribution in [0.15, 0.2) is 41.5 Å². The van der Waals surface area contributed by atoms with Crippen molar-refractivity contribution in [2.75, 3.05) is 6.79 Å². The number of nitro groups is 1. The molecule has 1 amide bonds. The molecule has 3 rings (SSSR count). The molecular weight excluding hydrogens is 321 g/mol. The van der Waals surface area contributed by atoms with Crippen molar-refractivity contribution < 1.29 is 23.6 Å². The van der Waals surface area contributed by atoms with Gasteiger partial charge >= 0.3 is 0 Å². The van der Waals surface area contributed by atoms with Crippen LogP contribution in [-0.2, 0) is 0 Å². The van der Waals surface area contributed by atoms with E-state index in [0.29, 0.717) is 5.75 Å². The van der Waals surface area contributed by atoms with Crippen molar-refractivity contribution in [1.29, 1.82) is 0 Å². The van der Waals surface area contributed by atoms with E-state index >= 15 is 0 Å².